The number of halogens is 1. The van der Waals surface area contributed by atoms with Crippen LogP contribution in [0.2, 0.25) is 0 Å². The van der Waals surface area contributed by atoms with Crippen LogP contribution in [-0.2, 0) is 6.54 Å². The van der Waals surface area contributed by atoms with Gasteiger partial charge in [0, 0.05) is 17.7 Å². The molecule has 2 heterocycles. The number of hydrogen-bond donors (Lipinski definition) is 2. The first-order valence-corrected chi connectivity index (χ1v) is 12.0. The molecule has 1 aromatic heterocycles. The summed E-state index contributed by atoms with van der Waals surface area (Å²) in [6.07, 6.45) is 0.880. The summed E-state index contributed by atoms with van der Waals surface area (Å²) in [4.78, 5) is 15.4. The molecule has 0 radical (unpaired) electrons. The molecule has 184 valence electrons. The molecule has 1 aliphatic rings. The fourth-order valence-electron chi connectivity index (χ4n) is 4.83. The Balaban J connectivity index is 1.66. The minimum absolute atomic E-state index is 0.137. The number of H-pyrrole nitrogens is 1. The van der Waals surface area contributed by atoms with Crippen LogP contribution in [0.4, 0.5) is 4.39 Å². The molecule has 0 spiro atoms. The zero-order chi connectivity index (χ0) is 25.4. The third-order valence-electron chi connectivity index (χ3n) is 6.48. The van der Waals surface area contributed by atoms with E-state index in [1.54, 1.807) is 17.0 Å². The third kappa shape index (κ3) is 4.21. The van der Waals surface area contributed by atoms with E-state index in [-0.39, 0.29) is 24.0 Å². The lowest BCUT2D eigenvalue weighted by molar-refractivity contribution is 0.0730. The lowest BCUT2D eigenvalue weighted by atomic mass is 9.94. The smallest absolute Gasteiger partial charge is 0.273 e. The van der Waals surface area contributed by atoms with Gasteiger partial charge in [-0.2, -0.15) is 5.10 Å². The molecule has 7 heteroatoms. The fraction of sp³-hybridized carbons (Fsp3) is 0.241. The van der Waals surface area contributed by atoms with E-state index in [4.69, 9.17) is 4.74 Å². The topological polar surface area (TPSA) is 78.5 Å². The highest BCUT2D eigenvalue weighted by molar-refractivity contribution is 6.00. The van der Waals surface area contributed by atoms with Gasteiger partial charge in [-0.3, -0.25) is 9.89 Å². The van der Waals surface area contributed by atoms with Gasteiger partial charge in [-0.05, 0) is 72.9 Å². The van der Waals surface area contributed by atoms with Crippen molar-refractivity contribution in [2.24, 2.45) is 0 Å². The Labute approximate surface area is 209 Å². The van der Waals surface area contributed by atoms with Crippen molar-refractivity contribution in [3.8, 4) is 22.8 Å². The Morgan fingerprint density at radius 1 is 1.11 bits per heavy atom. The maximum atomic E-state index is 13.7. The molecule has 0 saturated carbocycles. The van der Waals surface area contributed by atoms with E-state index in [1.807, 2.05) is 57.2 Å². The summed E-state index contributed by atoms with van der Waals surface area (Å²) in [5, 5.41) is 18.3. The van der Waals surface area contributed by atoms with Crippen molar-refractivity contribution in [1.82, 2.24) is 15.1 Å². The number of benzene rings is 3. The summed E-state index contributed by atoms with van der Waals surface area (Å²) >= 11 is 0. The van der Waals surface area contributed by atoms with Gasteiger partial charge in [-0.1, -0.05) is 37.3 Å². The number of aromatic hydroxyl groups is 1. The molecule has 3 aromatic carbocycles. The number of hydrogen-bond acceptors (Lipinski definition) is 4. The van der Waals surface area contributed by atoms with Crippen LogP contribution >= 0.6 is 0 Å². The highest BCUT2D eigenvalue weighted by Crippen LogP contribution is 2.46. The summed E-state index contributed by atoms with van der Waals surface area (Å²) < 4.78 is 19.4. The molecule has 1 atom stereocenters. The number of rotatable bonds is 7. The Hall–Kier alpha value is -4.13. The summed E-state index contributed by atoms with van der Waals surface area (Å²) in [5.74, 6) is 0.321. The summed E-state index contributed by atoms with van der Waals surface area (Å²) in [6.45, 7) is 6.72. The minimum atomic E-state index is -0.475. The maximum absolute atomic E-state index is 13.7. The molecule has 36 heavy (non-hydrogen) atoms. The van der Waals surface area contributed by atoms with Crippen molar-refractivity contribution < 1.29 is 19.0 Å². The number of phenols is 1. The first-order chi connectivity index (χ1) is 17.4. The average Bonchev–Trinajstić information content (AvgIpc) is 3.40. The molecule has 6 nitrogen and oxygen atoms in total. The van der Waals surface area contributed by atoms with Crippen molar-refractivity contribution in [2.45, 2.75) is 39.8 Å². The van der Waals surface area contributed by atoms with Gasteiger partial charge >= 0.3 is 0 Å². The van der Waals surface area contributed by atoms with Crippen molar-refractivity contribution in [2.75, 3.05) is 6.61 Å². The number of fused-ring (bicyclic) bond motifs is 1. The zero-order valence-corrected chi connectivity index (χ0v) is 20.5. The van der Waals surface area contributed by atoms with E-state index in [9.17, 15) is 14.3 Å². The van der Waals surface area contributed by atoms with Crippen molar-refractivity contribution in [3.63, 3.8) is 0 Å². The maximum Gasteiger partial charge on any atom is 0.273 e. The molecule has 4 aromatic rings. The molecule has 0 fully saturated rings. The Bertz CT molecular complexity index is 1430. The Morgan fingerprint density at radius 3 is 2.64 bits per heavy atom. The van der Waals surface area contributed by atoms with Crippen molar-refractivity contribution in [3.05, 3.63) is 100.0 Å². The van der Waals surface area contributed by atoms with Crippen LogP contribution in [0.3, 0.4) is 0 Å². The van der Waals surface area contributed by atoms with E-state index in [2.05, 4.69) is 10.2 Å². The number of ether oxygens (including phenoxy) is 1. The van der Waals surface area contributed by atoms with Crippen LogP contribution < -0.4 is 4.74 Å². The predicted octanol–water partition coefficient (Wildman–Crippen LogP) is 6.07. The van der Waals surface area contributed by atoms with Gasteiger partial charge < -0.3 is 14.7 Å². The zero-order valence-electron chi connectivity index (χ0n) is 20.5. The highest BCUT2D eigenvalue weighted by Gasteiger charge is 2.42. The molecule has 5 rings (SSSR count). The Kier molecular flexibility index (Phi) is 6.22. The fourth-order valence-corrected chi connectivity index (χ4v) is 4.83. The van der Waals surface area contributed by atoms with Crippen LogP contribution in [0.15, 0.2) is 60.7 Å². The van der Waals surface area contributed by atoms with Crippen molar-refractivity contribution in [1.29, 1.82) is 0 Å². The number of carbonyl (C=O) groups is 1. The number of nitrogens with zero attached hydrogens (tertiary/aromatic N) is 2. The number of aromatic nitrogens is 2. The quantitative estimate of drug-likeness (QED) is 0.333. The van der Waals surface area contributed by atoms with Gasteiger partial charge in [0.15, 0.2) is 0 Å². The van der Waals surface area contributed by atoms with Crippen LogP contribution in [0.25, 0.3) is 11.3 Å². The molecule has 2 N–H and O–H groups in total. The van der Waals surface area contributed by atoms with Crippen molar-refractivity contribution >= 4 is 5.91 Å². The second-order valence-corrected chi connectivity index (χ2v) is 9.22. The number of amides is 1. The molecular formula is C29H28FN3O3. The normalized spacial score (nSPS) is 14.8. The number of aryl methyl sites for hydroxylation is 2. The SMILES string of the molecule is CCCOc1cccc(C2c3c(-c4cc(C)cc(C)c4O)n[nH]c3C(=O)N2Cc2ccc(F)cc2)c1. The van der Waals surface area contributed by atoms with Gasteiger partial charge in [-0.15, -0.1) is 0 Å². The van der Waals surface area contributed by atoms with Gasteiger partial charge in [0.25, 0.3) is 5.91 Å². The van der Waals surface area contributed by atoms with Gasteiger partial charge in [0.1, 0.15) is 28.7 Å². The third-order valence-corrected chi connectivity index (χ3v) is 6.48. The second-order valence-electron chi connectivity index (χ2n) is 9.22. The first-order valence-electron chi connectivity index (χ1n) is 12.0. The number of aromatic amines is 1. The number of nitrogens with one attached hydrogen (secondary N) is 1. The summed E-state index contributed by atoms with van der Waals surface area (Å²) in [7, 11) is 0. The summed E-state index contributed by atoms with van der Waals surface area (Å²) in [6, 6.07) is 17.2. The molecular weight excluding hydrogens is 457 g/mol. The molecule has 1 unspecified atom stereocenters. The van der Waals surface area contributed by atoms with E-state index >= 15 is 0 Å². The van der Waals surface area contributed by atoms with Crippen LogP contribution in [-0.4, -0.2) is 32.7 Å². The monoisotopic (exact) mass is 485 g/mol. The van der Waals surface area contributed by atoms with E-state index < -0.39 is 6.04 Å². The highest BCUT2D eigenvalue weighted by atomic mass is 19.1. The lowest BCUT2D eigenvalue weighted by Gasteiger charge is -2.27. The largest absolute Gasteiger partial charge is 0.507 e. The van der Waals surface area contributed by atoms with E-state index in [0.717, 1.165) is 34.4 Å². The van der Waals surface area contributed by atoms with Gasteiger partial charge in [0.2, 0.25) is 0 Å². The van der Waals surface area contributed by atoms with Crippen LogP contribution in [0.5, 0.6) is 11.5 Å². The lowest BCUT2D eigenvalue weighted by Crippen LogP contribution is -2.29. The van der Waals surface area contributed by atoms with Crippen LogP contribution in [0, 0.1) is 19.7 Å². The summed E-state index contributed by atoms with van der Waals surface area (Å²) in [5.41, 5.74) is 5.59. The number of carbonyl (C=O) groups excluding carboxylic acids is 1. The standard InChI is InChI=1S/C29H28FN3O3/c1-4-12-36-22-7-5-6-20(15-22)27-24-25(23-14-17(2)13-18(3)28(23)34)31-32-26(24)29(35)33(27)16-19-8-10-21(30)11-9-19/h5-11,13-15,27,34H,4,12,16H2,1-3H3,(H,31,32). The Morgan fingerprint density at radius 2 is 1.89 bits per heavy atom. The van der Waals surface area contributed by atoms with Gasteiger partial charge in [0.05, 0.1) is 12.6 Å². The van der Waals surface area contributed by atoms with E-state index in [0.29, 0.717) is 29.1 Å². The molecule has 1 aliphatic heterocycles. The number of phenolic OH excluding ortho intramolecular Hbond substituents is 1. The van der Waals surface area contributed by atoms with Gasteiger partial charge in [-0.25, -0.2) is 4.39 Å². The molecule has 0 saturated heterocycles. The van der Waals surface area contributed by atoms with E-state index in [1.165, 1.54) is 12.1 Å². The molecule has 1 amide bonds. The molecule has 0 bridgehead atoms. The molecule has 0 aliphatic carbocycles. The predicted molar refractivity (Wildman–Crippen MR) is 136 cm³/mol. The average molecular weight is 486 g/mol. The van der Waals surface area contributed by atoms with Crippen LogP contribution in [0.1, 0.15) is 57.7 Å². The first kappa shape index (κ1) is 23.6. The minimum Gasteiger partial charge on any atom is -0.507 e. The second kappa shape index (κ2) is 9.49.